The minimum Gasteiger partial charge on any atom is -0.389 e. The van der Waals surface area contributed by atoms with E-state index in [1.165, 1.54) is 0 Å². The van der Waals surface area contributed by atoms with Crippen LogP contribution < -0.4 is 5.73 Å². The molecule has 0 radical (unpaired) electrons. The SMILES string of the molecule is NC1CC(O)(C2CCOC3(CCOCC3)C2)C1. The van der Waals surface area contributed by atoms with Crippen molar-refractivity contribution >= 4 is 0 Å². The molecule has 0 bridgehead atoms. The molecule has 98 valence electrons. The van der Waals surface area contributed by atoms with Gasteiger partial charge in [0.15, 0.2) is 0 Å². The summed E-state index contributed by atoms with van der Waals surface area (Å²) in [6.45, 7) is 2.37. The van der Waals surface area contributed by atoms with Crippen LogP contribution in [0.1, 0.15) is 38.5 Å². The summed E-state index contributed by atoms with van der Waals surface area (Å²) in [5, 5.41) is 10.6. The van der Waals surface area contributed by atoms with E-state index in [4.69, 9.17) is 15.2 Å². The molecule has 3 fully saturated rings. The zero-order valence-electron chi connectivity index (χ0n) is 10.4. The average molecular weight is 241 g/mol. The normalized spacial score (nSPS) is 45.5. The molecule has 3 rings (SSSR count). The van der Waals surface area contributed by atoms with Crippen molar-refractivity contribution in [2.75, 3.05) is 19.8 Å². The summed E-state index contributed by atoms with van der Waals surface area (Å²) in [6.07, 6.45) is 5.46. The van der Waals surface area contributed by atoms with E-state index in [0.717, 1.165) is 58.3 Å². The average Bonchev–Trinajstić information content (AvgIpc) is 2.28. The second-order valence-corrected chi connectivity index (χ2v) is 6.11. The van der Waals surface area contributed by atoms with Gasteiger partial charge in [0.1, 0.15) is 0 Å². The molecule has 4 nitrogen and oxygen atoms in total. The molecule has 0 aromatic carbocycles. The van der Waals surface area contributed by atoms with E-state index in [1.54, 1.807) is 0 Å². The summed E-state index contributed by atoms with van der Waals surface area (Å²) in [4.78, 5) is 0. The number of hydrogen-bond donors (Lipinski definition) is 2. The van der Waals surface area contributed by atoms with Crippen LogP contribution in [-0.2, 0) is 9.47 Å². The van der Waals surface area contributed by atoms with E-state index < -0.39 is 5.60 Å². The van der Waals surface area contributed by atoms with Crippen LogP contribution in [0.25, 0.3) is 0 Å². The number of aliphatic hydroxyl groups is 1. The summed E-state index contributed by atoms with van der Waals surface area (Å²) in [6, 6.07) is 0.202. The van der Waals surface area contributed by atoms with Gasteiger partial charge in [-0.15, -0.1) is 0 Å². The van der Waals surface area contributed by atoms with Gasteiger partial charge in [-0.1, -0.05) is 0 Å². The van der Waals surface area contributed by atoms with Crippen molar-refractivity contribution in [1.82, 2.24) is 0 Å². The summed E-state index contributed by atoms with van der Waals surface area (Å²) in [7, 11) is 0. The Balaban J connectivity index is 1.67. The van der Waals surface area contributed by atoms with E-state index in [0.29, 0.717) is 5.92 Å². The molecule has 0 aromatic heterocycles. The van der Waals surface area contributed by atoms with Crippen molar-refractivity contribution in [3.63, 3.8) is 0 Å². The maximum Gasteiger partial charge on any atom is 0.0730 e. The van der Waals surface area contributed by atoms with Crippen molar-refractivity contribution in [2.24, 2.45) is 11.7 Å². The van der Waals surface area contributed by atoms with Gasteiger partial charge < -0.3 is 20.3 Å². The molecule has 1 saturated carbocycles. The van der Waals surface area contributed by atoms with E-state index in [1.807, 2.05) is 0 Å². The number of nitrogens with two attached hydrogens (primary N) is 1. The van der Waals surface area contributed by atoms with Gasteiger partial charge >= 0.3 is 0 Å². The van der Waals surface area contributed by atoms with Crippen LogP contribution in [-0.4, -0.2) is 42.2 Å². The molecule has 3 aliphatic rings. The van der Waals surface area contributed by atoms with Gasteiger partial charge in [-0.25, -0.2) is 0 Å². The summed E-state index contributed by atoms with van der Waals surface area (Å²) in [5.74, 6) is 0.370. The summed E-state index contributed by atoms with van der Waals surface area (Å²) >= 11 is 0. The standard InChI is InChI=1S/C13H23NO3/c14-11-8-13(15,9-11)10-1-4-17-12(7-10)2-5-16-6-3-12/h10-11,15H,1-9,14H2. The minimum absolute atomic E-state index is 0.0173. The van der Waals surface area contributed by atoms with E-state index >= 15 is 0 Å². The van der Waals surface area contributed by atoms with E-state index in [9.17, 15) is 5.11 Å². The number of ether oxygens (including phenoxy) is 2. The molecule has 17 heavy (non-hydrogen) atoms. The van der Waals surface area contributed by atoms with Crippen molar-refractivity contribution in [3.8, 4) is 0 Å². The Hall–Kier alpha value is -0.160. The third-order valence-corrected chi connectivity index (χ3v) is 4.89. The van der Waals surface area contributed by atoms with Crippen LogP contribution >= 0.6 is 0 Å². The van der Waals surface area contributed by atoms with Crippen molar-refractivity contribution in [2.45, 2.75) is 55.8 Å². The van der Waals surface area contributed by atoms with Crippen LogP contribution in [0.4, 0.5) is 0 Å². The first kappa shape index (κ1) is 11.9. The zero-order valence-corrected chi connectivity index (χ0v) is 10.4. The smallest absolute Gasteiger partial charge is 0.0730 e. The number of rotatable bonds is 1. The lowest BCUT2D eigenvalue weighted by Gasteiger charge is -2.53. The van der Waals surface area contributed by atoms with Gasteiger partial charge in [-0.3, -0.25) is 0 Å². The Morgan fingerprint density at radius 2 is 1.76 bits per heavy atom. The van der Waals surface area contributed by atoms with Crippen LogP contribution in [0.5, 0.6) is 0 Å². The molecule has 2 aliphatic heterocycles. The molecule has 2 saturated heterocycles. The summed E-state index contributed by atoms with van der Waals surface area (Å²) in [5.41, 5.74) is 5.30. The third kappa shape index (κ3) is 2.12. The Kier molecular flexibility index (Phi) is 2.94. The quantitative estimate of drug-likeness (QED) is 0.713. The van der Waals surface area contributed by atoms with Crippen LogP contribution in [0, 0.1) is 5.92 Å². The first-order valence-corrected chi connectivity index (χ1v) is 6.82. The third-order valence-electron chi connectivity index (χ3n) is 4.89. The predicted molar refractivity (Wildman–Crippen MR) is 63.6 cm³/mol. The maximum atomic E-state index is 10.6. The van der Waals surface area contributed by atoms with Crippen molar-refractivity contribution < 1.29 is 14.6 Å². The molecule has 1 spiro atoms. The topological polar surface area (TPSA) is 64.7 Å². The lowest BCUT2D eigenvalue weighted by atomic mass is 9.63. The molecule has 1 unspecified atom stereocenters. The Bertz CT molecular complexity index is 277. The van der Waals surface area contributed by atoms with Gasteiger partial charge in [-0.05, 0) is 44.4 Å². The lowest BCUT2D eigenvalue weighted by Crippen LogP contribution is -2.59. The molecule has 0 amide bonds. The van der Waals surface area contributed by atoms with Gasteiger partial charge in [0.25, 0.3) is 0 Å². The van der Waals surface area contributed by atoms with Crippen molar-refractivity contribution in [1.29, 1.82) is 0 Å². The fourth-order valence-corrected chi connectivity index (χ4v) is 3.76. The maximum absolute atomic E-state index is 10.6. The number of hydrogen-bond acceptors (Lipinski definition) is 4. The molecule has 1 atom stereocenters. The van der Waals surface area contributed by atoms with Crippen LogP contribution in [0.15, 0.2) is 0 Å². The Labute approximate surface area is 102 Å². The molecule has 4 heteroatoms. The van der Waals surface area contributed by atoms with Crippen LogP contribution in [0.3, 0.4) is 0 Å². The molecular weight excluding hydrogens is 218 g/mol. The molecule has 1 aliphatic carbocycles. The predicted octanol–water partition coefficient (Wildman–Crippen LogP) is 0.814. The summed E-state index contributed by atoms with van der Waals surface area (Å²) < 4.78 is 11.4. The lowest BCUT2D eigenvalue weighted by molar-refractivity contribution is -0.192. The second-order valence-electron chi connectivity index (χ2n) is 6.11. The van der Waals surface area contributed by atoms with Gasteiger partial charge in [0, 0.05) is 25.9 Å². The highest BCUT2D eigenvalue weighted by atomic mass is 16.5. The van der Waals surface area contributed by atoms with Gasteiger partial charge in [-0.2, -0.15) is 0 Å². The first-order chi connectivity index (χ1) is 8.12. The van der Waals surface area contributed by atoms with Gasteiger partial charge in [0.05, 0.1) is 11.2 Å². The first-order valence-electron chi connectivity index (χ1n) is 6.82. The van der Waals surface area contributed by atoms with E-state index in [-0.39, 0.29) is 11.6 Å². The highest BCUT2D eigenvalue weighted by molar-refractivity contribution is 5.04. The second kappa shape index (κ2) is 4.19. The largest absolute Gasteiger partial charge is 0.389 e. The highest BCUT2D eigenvalue weighted by Gasteiger charge is 2.51. The van der Waals surface area contributed by atoms with E-state index in [2.05, 4.69) is 0 Å². The molecule has 2 heterocycles. The monoisotopic (exact) mass is 241 g/mol. The fourth-order valence-electron chi connectivity index (χ4n) is 3.76. The zero-order chi connectivity index (χ0) is 11.9. The molecular formula is C13H23NO3. The van der Waals surface area contributed by atoms with Crippen molar-refractivity contribution in [3.05, 3.63) is 0 Å². The molecule has 0 aromatic rings. The van der Waals surface area contributed by atoms with Crippen LogP contribution in [0.2, 0.25) is 0 Å². The molecule has 3 N–H and O–H groups in total. The highest BCUT2D eigenvalue weighted by Crippen LogP contribution is 2.47. The Morgan fingerprint density at radius 1 is 1.06 bits per heavy atom. The minimum atomic E-state index is -0.505. The van der Waals surface area contributed by atoms with Gasteiger partial charge in [0.2, 0.25) is 0 Å². The Morgan fingerprint density at radius 3 is 2.41 bits per heavy atom. The fraction of sp³-hybridized carbons (Fsp3) is 1.00.